The third kappa shape index (κ3) is 13.9. The van der Waals surface area contributed by atoms with Crippen LogP contribution in [0.1, 0.15) is 84.6 Å². The number of aliphatic hydroxyl groups is 1. The third-order valence-electron chi connectivity index (χ3n) is 8.37. The number of carbonyl (C=O) groups excluding carboxylic acids is 4. The van der Waals surface area contributed by atoms with Gasteiger partial charge in [-0.1, -0.05) is 62.4 Å². The van der Waals surface area contributed by atoms with Crippen LogP contribution in [0.5, 0.6) is 0 Å². The number of ether oxygens (including phenoxy) is 2. The Bertz CT molecular complexity index is 1320. The van der Waals surface area contributed by atoms with E-state index in [0.29, 0.717) is 13.0 Å². The van der Waals surface area contributed by atoms with E-state index in [1.807, 2.05) is 6.07 Å². The van der Waals surface area contributed by atoms with Crippen molar-refractivity contribution >= 4 is 33.9 Å². The largest absolute Gasteiger partial charge is 1.00 e. The first kappa shape index (κ1) is 41.9. The van der Waals surface area contributed by atoms with Crippen molar-refractivity contribution < 1.29 is 76.3 Å². The molecule has 1 heterocycles. The fourth-order valence-electron chi connectivity index (χ4n) is 6.07. The first-order valence-corrected chi connectivity index (χ1v) is 17.7. The van der Waals surface area contributed by atoms with Gasteiger partial charge in [0.25, 0.3) is 0 Å². The monoisotopic (exact) mass is 704 g/mol. The Labute approximate surface area is 305 Å². The molecular weight excluding hydrogens is 655 g/mol. The predicted molar refractivity (Wildman–Crippen MR) is 170 cm³/mol. The number of aliphatic hydroxyl groups excluding tert-OH is 1. The molecule has 0 bridgehead atoms. The molecule has 16 heteroatoms. The summed E-state index contributed by atoms with van der Waals surface area (Å²) in [6.45, 7) is 7.24. The van der Waals surface area contributed by atoms with Crippen LogP contribution in [0, 0.1) is 11.8 Å². The third-order valence-corrected chi connectivity index (χ3v) is 9.29. The number of carbonyl (C=O) groups is 4. The summed E-state index contributed by atoms with van der Waals surface area (Å²) in [6, 6.07) is 4.84. The maximum atomic E-state index is 13.8. The number of hydrogen-bond acceptors (Lipinski definition) is 10. The van der Waals surface area contributed by atoms with Gasteiger partial charge in [-0.25, -0.2) is 13.2 Å². The Morgan fingerprint density at radius 1 is 1.00 bits per heavy atom. The smallest absolute Gasteiger partial charge is 0.746 e. The van der Waals surface area contributed by atoms with Crippen LogP contribution in [-0.4, -0.2) is 83.7 Å². The van der Waals surface area contributed by atoms with Crippen LogP contribution >= 0.6 is 0 Å². The topological polar surface area (TPSA) is 212 Å². The van der Waals surface area contributed by atoms with E-state index in [1.54, 1.807) is 52.0 Å². The number of benzene rings is 1. The first-order chi connectivity index (χ1) is 22.0. The van der Waals surface area contributed by atoms with Gasteiger partial charge in [-0.15, -0.1) is 0 Å². The molecule has 264 valence electrons. The molecular formula is C32H49N4NaO10S. The molecule has 1 aromatic carbocycles. The van der Waals surface area contributed by atoms with Crippen molar-refractivity contribution in [3.63, 3.8) is 0 Å². The minimum Gasteiger partial charge on any atom is -0.746 e. The SMILES string of the molecule is C[C@@H](OC(C)(C)C)[C@H](NC(=O)OCc1ccccc1)C(=O)N[C@@H](CC1CCCCC1)C(=O)N[C@@H](C[C@@H]1CCNC1=O)C(O)S(=O)(=O)[O-].[Na+]. The van der Waals surface area contributed by atoms with Crippen LogP contribution in [0.3, 0.4) is 0 Å². The molecule has 0 aromatic heterocycles. The minimum atomic E-state index is -5.27. The van der Waals surface area contributed by atoms with Gasteiger partial charge in [-0.3, -0.25) is 14.4 Å². The molecule has 48 heavy (non-hydrogen) atoms. The van der Waals surface area contributed by atoms with Crippen LogP contribution in [0.15, 0.2) is 30.3 Å². The van der Waals surface area contributed by atoms with Crippen LogP contribution < -0.4 is 50.8 Å². The van der Waals surface area contributed by atoms with Crippen molar-refractivity contribution in [2.24, 2.45) is 11.8 Å². The van der Waals surface area contributed by atoms with Crippen molar-refractivity contribution in [3.05, 3.63) is 35.9 Å². The first-order valence-electron chi connectivity index (χ1n) is 16.2. The van der Waals surface area contributed by atoms with E-state index in [4.69, 9.17) is 9.47 Å². The van der Waals surface area contributed by atoms with E-state index in [2.05, 4.69) is 21.3 Å². The number of nitrogens with one attached hydrogen (secondary N) is 4. The van der Waals surface area contributed by atoms with E-state index in [0.717, 1.165) is 37.7 Å². The van der Waals surface area contributed by atoms with Gasteiger partial charge in [-0.2, -0.15) is 0 Å². The standard InChI is InChI=1S/C32H50N4O10S.Na/c1-20(46-32(2,3)4)26(36-31(41)45-19-22-13-9-6-10-14-22)29(39)34-24(17-21-11-7-5-8-12-21)28(38)35-25(30(40)47(42,43)44)18-23-15-16-33-27(23)37;/h6,9-10,13-14,20-21,23-26,30,40H,5,7-8,11-12,15-19H2,1-4H3,(H,33,37)(H,34,39)(H,35,38)(H,36,41)(H,42,43,44);/q;+1/p-1/t20-,23+,24+,25+,26+,30?;/m1./s1. The molecule has 2 aliphatic rings. The fourth-order valence-corrected chi connectivity index (χ4v) is 6.65. The molecule has 1 saturated carbocycles. The summed E-state index contributed by atoms with van der Waals surface area (Å²) in [7, 11) is -5.27. The maximum Gasteiger partial charge on any atom is 1.00 e. The van der Waals surface area contributed by atoms with E-state index >= 15 is 0 Å². The van der Waals surface area contributed by atoms with Crippen LogP contribution in [-0.2, 0) is 40.6 Å². The Hall–Kier alpha value is -2.27. The van der Waals surface area contributed by atoms with Gasteiger partial charge in [-0.05, 0) is 58.4 Å². The van der Waals surface area contributed by atoms with E-state index < -0.39 is 69.2 Å². The number of rotatable bonds is 15. The summed E-state index contributed by atoms with van der Waals surface area (Å²) in [5.74, 6) is -2.64. The molecule has 0 spiro atoms. The zero-order valence-electron chi connectivity index (χ0n) is 28.5. The molecule has 1 aliphatic carbocycles. The average Bonchev–Trinajstić information content (AvgIpc) is 3.41. The van der Waals surface area contributed by atoms with Gasteiger partial charge >= 0.3 is 35.7 Å². The van der Waals surface area contributed by atoms with Gasteiger partial charge in [0.15, 0.2) is 5.44 Å². The number of amides is 4. The molecule has 6 atom stereocenters. The summed E-state index contributed by atoms with van der Waals surface area (Å²) in [6.07, 6.45) is 2.99. The summed E-state index contributed by atoms with van der Waals surface area (Å²) in [5, 5.41) is 20.7. The summed E-state index contributed by atoms with van der Waals surface area (Å²) in [4.78, 5) is 52.7. The van der Waals surface area contributed by atoms with Crippen molar-refractivity contribution in [1.82, 2.24) is 21.3 Å². The molecule has 5 N–H and O–H groups in total. The van der Waals surface area contributed by atoms with Gasteiger partial charge < -0.3 is 40.4 Å². The van der Waals surface area contributed by atoms with Crippen LogP contribution in [0.2, 0.25) is 0 Å². The zero-order chi connectivity index (χ0) is 34.8. The normalized spacial score (nSPS) is 20.2. The van der Waals surface area contributed by atoms with Crippen LogP contribution in [0.4, 0.5) is 4.79 Å². The number of hydrogen-bond donors (Lipinski definition) is 5. The van der Waals surface area contributed by atoms with Crippen molar-refractivity contribution in [2.75, 3.05) is 6.54 Å². The molecule has 14 nitrogen and oxygen atoms in total. The molecule has 1 aliphatic heterocycles. The summed E-state index contributed by atoms with van der Waals surface area (Å²) < 4.78 is 46.7. The average molecular weight is 705 g/mol. The molecule has 1 unspecified atom stereocenters. The summed E-state index contributed by atoms with van der Waals surface area (Å²) in [5.41, 5.74) is -2.48. The van der Waals surface area contributed by atoms with E-state index in [9.17, 15) is 37.3 Å². The zero-order valence-corrected chi connectivity index (χ0v) is 31.3. The Morgan fingerprint density at radius 3 is 2.21 bits per heavy atom. The predicted octanol–water partition coefficient (Wildman–Crippen LogP) is -1.18. The molecule has 1 aromatic rings. The van der Waals surface area contributed by atoms with Gasteiger partial charge in [0.1, 0.15) is 28.8 Å². The Balaban J connectivity index is 0.00000800. The quantitative estimate of drug-likeness (QED) is 0.109. The number of alkyl carbamates (subject to hydrolysis) is 1. The van der Waals surface area contributed by atoms with Crippen molar-refractivity contribution in [1.29, 1.82) is 0 Å². The molecule has 1 saturated heterocycles. The molecule has 3 rings (SSSR count). The van der Waals surface area contributed by atoms with Crippen molar-refractivity contribution in [2.45, 2.75) is 121 Å². The summed E-state index contributed by atoms with van der Waals surface area (Å²) >= 11 is 0. The van der Waals surface area contributed by atoms with Gasteiger partial charge in [0.05, 0.1) is 17.7 Å². The second-order valence-electron chi connectivity index (χ2n) is 13.4. The van der Waals surface area contributed by atoms with Gasteiger partial charge in [0.2, 0.25) is 17.7 Å². The molecule has 0 radical (unpaired) electrons. The Kier molecular flexibility index (Phi) is 16.8. The van der Waals surface area contributed by atoms with Crippen LogP contribution in [0.25, 0.3) is 0 Å². The second kappa shape index (κ2) is 19.2. The Morgan fingerprint density at radius 2 is 1.65 bits per heavy atom. The van der Waals surface area contributed by atoms with Gasteiger partial charge in [0, 0.05) is 12.5 Å². The second-order valence-corrected chi connectivity index (χ2v) is 14.9. The van der Waals surface area contributed by atoms with E-state index in [1.165, 1.54) is 0 Å². The minimum absolute atomic E-state index is 0. The molecule has 4 amide bonds. The van der Waals surface area contributed by atoms with Crippen molar-refractivity contribution in [3.8, 4) is 0 Å². The fraction of sp³-hybridized carbons (Fsp3) is 0.688. The van der Waals surface area contributed by atoms with E-state index in [-0.39, 0.29) is 60.8 Å². The molecule has 2 fully saturated rings. The maximum absolute atomic E-state index is 13.8.